The zero-order chi connectivity index (χ0) is 18.7. The summed E-state index contributed by atoms with van der Waals surface area (Å²) in [5.74, 6) is -0.132. The first-order chi connectivity index (χ1) is 12.4. The van der Waals surface area contributed by atoms with Gasteiger partial charge in [0.05, 0.1) is 12.2 Å². The van der Waals surface area contributed by atoms with E-state index >= 15 is 0 Å². The Morgan fingerprint density at radius 2 is 2.19 bits per heavy atom. The number of aryl methyl sites for hydroxylation is 2. The van der Waals surface area contributed by atoms with Crippen LogP contribution >= 0.6 is 0 Å². The molecule has 1 fully saturated rings. The molecule has 1 atom stereocenters. The average Bonchev–Trinajstić information content (AvgIpc) is 3.12. The molecular weight excluding hydrogens is 354 g/mol. The molecule has 2 aromatic rings. The molecule has 140 valence electrons. The largest absolute Gasteiger partial charge is 0.336 e. The highest BCUT2D eigenvalue weighted by molar-refractivity contribution is 7.89. The van der Waals surface area contributed by atoms with Gasteiger partial charge in [-0.3, -0.25) is 4.79 Å². The summed E-state index contributed by atoms with van der Waals surface area (Å²) < 4.78 is 28.7. The fourth-order valence-corrected chi connectivity index (χ4v) is 4.45. The number of aromatic nitrogens is 3. The second-order valence-electron chi connectivity index (χ2n) is 6.40. The van der Waals surface area contributed by atoms with E-state index in [1.165, 1.54) is 16.8 Å². The van der Waals surface area contributed by atoms with Gasteiger partial charge in [0.2, 0.25) is 5.91 Å². The van der Waals surface area contributed by atoms with Crippen LogP contribution < -0.4 is 5.32 Å². The monoisotopic (exact) mass is 377 g/mol. The van der Waals surface area contributed by atoms with Crippen molar-refractivity contribution >= 4 is 21.7 Å². The van der Waals surface area contributed by atoms with Crippen molar-refractivity contribution < 1.29 is 13.2 Å². The Kier molecular flexibility index (Phi) is 5.38. The zero-order valence-corrected chi connectivity index (χ0v) is 15.7. The summed E-state index contributed by atoms with van der Waals surface area (Å²) in [5.41, 5.74) is 0.808. The second-order valence-corrected chi connectivity index (χ2v) is 8.28. The molecule has 8 nitrogen and oxygen atoms in total. The van der Waals surface area contributed by atoms with E-state index in [2.05, 4.69) is 15.3 Å². The summed E-state index contributed by atoms with van der Waals surface area (Å²) in [7, 11) is -3.69. The molecular formula is C17H23N5O3S. The van der Waals surface area contributed by atoms with Crippen molar-refractivity contribution in [1.29, 1.82) is 0 Å². The van der Waals surface area contributed by atoms with E-state index in [1.54, 1.807) is 10.6 Å². The van der Waals surface area contributed by atoms with E-state index in [4.69, 9.17) is 0 Å². The standard InChI is InChI=1S/C17H23N5O3S/c1-3-21-11-16(18-12-21)26(24,25)22-9-5-7-14(10-22)17(23)20-15-8-4-6-13(2)19-15/h4,6,8,11-12,14H,3,5,7,9-10H2,1-2H3,(H,19,20,23)/t14-/m0/s1. The molecule has 0 spiro atoms. The van der Waals surface area contributed by atoms with E-state index in [1.807, 2.05) is 26.0 Å². The van der Waals surface area contributed by atoms with Gasteiger partial charge in [0.1, 0.15) is 5.82 Å². The molecule has 1 saturated heterocycles. The van der Waals surface area contributed by atoms with Crippen molar-refractivity contribution in [1.82, 2.24) is 18.8 Å². The van der Waals surface area contributed by atoms with Gasteiger partial charge >= 0.3 is 0 Å². The van der Waals surface area contributed by atoms with Crippen LogP contribution in [0, 0.1) is 12.8 Å². The van der Waals surface area contributed by atoms with Gasteiger partial charge in [-0.15, -0.1) is 0 Å². The molecule has 2 aromatic heterocycles. The number of nitrogens with zero attached hydrogens (tertiary/aromatic N) is 4. The van der Waals surface area contributed by atoms with Crippen LogP contribution in [0.15, 0.2) is 35.7 Å². The highest BCUT2D eigenvalue weighted by Crippen LogP contribution is 2.24. The van der Waals surface area contributed by atoms with Gasteiger partial charge in [0.25, 0.3) is 10.0 Å². The number of carbonyl (C=O) groups excluding carboxylic acids is 1. The van der Waals surface area contributed by atoms with Gasteiger partial charge < -0.3 is 9.88 Å². The zero-order valence-electron chi connectivity index (χ0n) is 14.9. The minimum Gasteiger partial charge on any atom is -0.336 e. The van der Waals surface area contributed by atoms with Crippen molar-refractivity contribution in [3.05, 3.63) is 36.4 Å². The molecule has 26 heavy (non-hydrogen) atoms. The molecule has 0 aromatic carbocycles. The molecule has 0 saturated carbocycles. The summed E-state index contributed by atoms with van der Waals surface area (Å²) in [4.78, 5) is 20.8. The second kappa shape index (κ2) is 7.55. The first-order valence-electron chi connectivity index (χ1n) is 8.66. The highest BCUT2D eigenvalue weighted by Gasteiger charge is 2.34. The number of rotatable bonds is 5. The van der Waals surface area contributed by atoms with Gasteiger partial charge in [-0.2, -0.15) is 4.31 Å². The average molecular weight is 377 g/mol. The van der Waals surface area contributed by atoms with Gasteiger partial charge in [-0.1, -0.05) is 6.07 Å². The normalized spacial score (nSPS) is 18.6. The maximum absolute atomic E-state index is 12.8. The Balaban J connectivity index is 1.71. The molecule has 9 heteroatoms. The van der Waals surface area contributed by atoms with Crippen LogP contribution in [0.25, 0.3) is 0 Å². The van der Waals surface area contributed by atoms with Crippen molar-refractivity contribution in [3.63, 3.8) is 0 Å². The lowest BCUT2D eigenvalue weighted by molar-refractivity contribution is -0.120. The predicted molar refractivity (Wildman–Crippen MR) is 97.0 cm³/mol. The number of carbonyl (C=O) groups is 1. The number of anilines is 1. The minimum absolute atomic E-state index is 0.0285. The number of nitrogens with one attached hydrogen (secondary N) is 1. The Labute approximate surface area is 153 Å². The first-order valence-corrected chi connectivity index (χ1v) is 10.1. The van der Waals surface area contributed by atoms with Gasteiger partial charge in [0.15, 0.2) is 5.03 Å². The quantitative estimate of drug-likeness (QED) is 0.854. The van der Waals surface area contributed by atoms with Crippen LogP contribution in [-0.2, 0) is 21.4 Å². The fraction of sp³-hybridized carbons (Fsp3) is 0.471. The van der Waals surface area contributed by atoms with Crippen LogP contribution in [0.1, 0.15) is 25.5 Å². The van der Waals surface area contributed by atoms with E-state index in [0.717, 1.165) is 5.69 Å². The fourth-order valence-electron chi connectivity index (χ4n) is 2.99. The number of amides is 1. The lowest BCUT2D eigenvalue weighted by Crippen LogP contribution is -2.43. The van der Waals surface area contributed by atoms with Crippen LogP contribution in [0.4, 0.5) is 5.82 Å². The van der Waals surface area contributed by atoms with Crippen LogP contribution in [0.3, 0.4) is 0 Å². The van der Waals surface area contributed by atoms with Crippen LogP contribution in [0.5, 0.6) is 0 Å². The smallest absolute Gasteiger partial charge is 0.262 e. The molecule has 0 unspecified atom stereocenters. The minimum atomic E-state index is -3.69. The summed E-state index contributed by atoms with van der Waals surface area (Å²) in [6.07, 6.45) is 4.31. The van der Waals surface area contributed by atoms with Gasteiger partial charge in [-0.25, -0.2) is 18.4 Å². The summed E-state index contributed by atoms with van der Waals surface area (Å²) in [6, 6.07) is 5.39. The van der Waals surface area contributed by atoms with Crippen molar-refractivity contribution in [2.24, 2.45) is 5.92 Å². The molecule has 0 bridgehead atoms. The number of hydrogen-bond donors (Lipinski definition) is 1. The molecule has 0 aliphatic carbocycles. The topological polar surface area (TPSA) is 97.2 Å². The summed E-state index contributed by atoms with van der Waals surface area (Å²) >= 11 is 0. The number of sulfonamides is 1. The summed E-state index contributed by atoms with van der Waals surface area (Å²) in [5, 5.41) is 2.81. The Hall–Kier alpha value is -2.26. The Morgan fingerprint density at radius 3 is 2.88 bits per heavy atom. The lowest BCUT2D eigenvalue weighted by atomic mass is 9.99. The van der Waals surface area contributed by atoms with E-state index in [0.29, 0.717) is 31.7 Å². The molecule has 3 heterocycles. The maximum Gasteiger partial charge on any atom is 0.262 e. The third kappa shape index (κ3) is 3.94. The lowest BCUT2D eigenvalue weighted by Gasteiger charge is -2.30. The number of piperidine rings is 1. The molecule has 1 amide bonds. The van der Waals surface area contributed by atoms with Crippen LogP contribution in [0.2, 0.25) is 0 Å². The molecule has 3 rings (SSSR count). The number of pyridine rings is 1. The molecule has 1 N–H and O–H groups in total. The van der Waals surface area contributed by atoms with Crippen molar-refractivity contribution in [3.8, 4) is 0 Å². The Morgan fingerprint density at radius 1 is 1.38 bits per heavy atom. The SMILES string of the molecule is CCn1cnc(S(=O)(=O)N2CCC[C@H](C(=O)Nc3cccc(C)n3)C2)c1. The molecule has 0 radical (unpaired) electrons. The summed E-state index contributed by atoms with van der Waals surface area (Å²) in [6.45, 7) is 4.96. The molecule has 1 aliphatic heterocycles. The first kappa shape index (κ1) is 18.5. The maximum atomic E-state index is 12.8. The van der Waals surface area contributed by atoms with Gasteiger partial charge in [0, 0.05) is 31.5 Å². The third-order valence-corrected chi connectivity index (χ3v) is 6.22. The van der Waals surface area contributed by atoms with Crippen molar-refractivity contribution in [2.75, 3.05) is 18.4 Å². The highest BCUT2D eigenvalue weighted by atomic mass is 32.2. The van der Waals surface area contributed by atoms with Gasteiger partial charge in [-0.05, 0) is 38.8 Å². The predicted octanol–water partition coefficient (Wildman–Crippen LogP) is 1.65. The Bertz CT molecular complexity index is 893. The number of imidazole rings is 1. The number of hydrogen-bond acceptors (Lipinski definition) is 5. The van der Waals surface area contributed by atoms with Crippen LogP contribution in [-0.4, -0.2) is 46.3 Å². The molecule has 1 aliphatic rings. The van der Waals surface area contributed by atoms with E-state index < -0.39 is 15.9 Å². The third-order valence-electron chi connectivity index (χ3n) is 4.47. The van der Waals surface area contributed by atoms with E-state index in [-0.39, 0.29) is 17.5 Å². The van der Waals surface area contributed by atoms with Crippen molar-refractivity contribution in [2.45, 2.75) is 38.3 Å². The van der Waals surface area contributed by atoms with E-state index in [9.17, 15) is 13.2 Å².